The fraction of sp³-hybridized carbons (Fsp3) is 0.435. The smallest absolute Gasteiger partial charge is 0.250 e. The number of thiocarbonyl (C=S) groups is 1. The molecule has 1 aromatic heterocycles. The number of aromatic nitrogens is 1. The van der Waals surface area contributed by atoms with Gasteiger partial charge in [-0.2, -0.15) is 0 Å². The van der Waals surface area contributed by atoms with E-state index in [4.69, 9.17) is 12.2 Å². The summed E-state index contributed by atoms with van der Waals surface area (Å²) in [5.41, 5.74) is 3.49. The number of benzene rings is 1. The number of fused-ring (bicyclic) bond motifs is 5. The Balaban J connectivity index is 1.24. The molecule has 5 rings (SSSR count). The van der Waals surface area contributed by atoms with E-state index in [0.717, 1.165) is 48.2 Å². The number of carbonyl (C=O) groups is 1. The summed E-state index contributed by atoms with van der Waals surface area (Å²) in [5.74, 6) is 1.23. The lowest BCUT2D eigenvalue weighted by Gasteiger charge is -2.43. The van der Waals surface area contributed by atoms with Crippen LogP contribution in [0.2, 0.25) is 0 Å². The first kappa shape index (κ1) is 19.8. The van der Waals surface area contributed by atoms with E-state index in [0.29, 0.717) is 17.6 Å². The first-order valence-electron chi connectivity index (χ1n) is 10.5. The van der Waals surface area contributed by atoms with Gasteiger partial charge in [0.05, 0.1) is 5.75 Å². The normalized spacial score (nSPS) is 24.4. The number of thioether (sulfide) groups is 1. The summed E-state index contributed by atoms with van der Waals surface area (Å²) in [6, 6.07) is 13.9. The number of likely N-dealkylation sites (tertiary alicyclic amines) is 1. The van der Waals surface area contributed by atoms with Gasteiger partial charge >= 0.3 is 0 Å². The van der Waals surface area contributed by atoms with Gasteiger partial charge in [0, 0.05) is 49.0 Å². The van der Waals surface area contributed by atoms with Crippen LogP contribution in [-0.2, 0) is 17.8 Å². The van der Waals surface area contributed by atoms with Crippen LogP contribution in [0.1, 0.15) is 30.5 Å². The van der Waals surface area contributed by atoms with Crippen molar-refractivity contribution in [2.75, 3.05) is 23.7 Å². The zero-order valence-electron chi connectivity index (χ0n) is 17.0. The number of carbonyl (C=O) groups excluding carboxylic acids is 1. The van der Waals surface area contributed by atoms with E-state index in [1.165, 1.54) is 17.3 Å². The molecule has 0 aliphatic carbocycles. The molecule has 2 bridgehead atoms. The van der Waals surface area contributed by atoms with Crippen molar-refractivity contribution >= 4 is 39.9 Å². The Hall–Kier alpha value is -2.12. The summed E-state index contributed by atoms with van der Waals surface area (Å²) >= 11 is 7.20. The molecule has 4 heterocycles. The van der Waals surface area contributed by atoms with E-state index >= 15 is 0 Å². The molecule has 3 aliphatic heterocycles. The van der Waals surface area contributed by atoms with E-state index in [9.17, 15) is 9.59 Å². The Bertz CT molecular complexity index is 1070. The van der Waals surface area contributed by atoms with Crippen LogP contribution in [0.5, 0.6) is 0 Å². The number of hydrogen-bond donors (Lipinski definition) is 0. The topological polar surface area (TPSA) is 45.6 Å². The highest BCUT2D eigenvalue weighted by atomic mass is 32.2. The molecule has 0 N–H and O–H groups in total. The van der Waals surface area contributed by atoms with Gasteiger partial charge in [-0.3, -0.25) is 9.59 Å². The van der Waals surface area contributed by atoms with Gasteiger partial charge in [-0.15, -0.1) is 0 Å². The third-order valence-corrected chi connectivity index (χ3v) is 8.04. The minimum atomic E-state index is 0.0956. The van der Waals surface area contributed by atoms with Crippen molar-refractivity contribution in [2.45, 2.75) is 38.3 Å². The van der Waals surface area contributed by atoms with Crippen molar-refractivity contribution in [3.8, 4) is 0 Å². The highest BCUT2D eigenvalue weighted by Gasteiger charge is 2.36. The standard InChI is InChI=1S/C23H25N3O2S2/c1-15-9-17-5-2-3-6-20(17)26(15)22(28)14-30-23(29)24-11-16-10-18(13-24)19-7-4-8-21(27)25(19)12-16/h2-8,15-16,18H,9-14H2,1H3/t15-,16-,18+/m1/s1. The van der Waals surface area contributed by atoms with Crippen molar-refractivity contribution in [3.63, 3.8) is 0 Å². The molecule has 0 unspecified atom stereocenters. The largest absolute Gasteiger partial charge is 0.356 e. The zero-order chi connectivity index (χ0) is 20.8. The van der Waals surface area contributed by atoms with Crippen molar-refractivity contribution in [1.82, 2.24) is 9.47 Å². The van der Waals surface area contributed by atoms with Gasteiger partial charge in [0.15, 0.2) is 0 Å². The number of nitrogens with zero attached hydrogens (tertiary/aromatic N) is 3. The van der Waals surface area contributed by atoms with E-state index in [-0.39, 0.29) is 17.5 Å². The van der Waals surface area contributed by atoms with Crippen LogP contribution in [0, 0.1) is 5.92 Å². The second kappa shape index (κ2) is 7.85. The summed E-state index contributed by atoms with van der Waals surface area (Å²) in [7, 11) is 0. The molecular formula is C23H25N3O2S2. The SMILES string of the molecule is C[C@@H]1Cc2ccccc2N1C(=O)CSC(=S)N1C[C@H]2C[C@@H](C1)c1cccc(=O)n1C2. The maximum absolute atomic E-state index is 13.0. The second-order valence-electron chi connectivity index (χ2n) is 8.60. The van der Waals surface area contributed by atoms with E-state index < -0.39 is 0 Å². The van der Waals surface area contributed by atoms with Gasteiger partial charge < -0.3 is 14.4 Å². The number of amides is 1. The first-order chi connectivity index (χ1) is 14.5. The first-order valence-corrected chi connectivity index (χ1v) is 11.9. The predicted octanol–water partition coefficient (Wildman–Crippen LogP) is 3.26. The van der Waals surface area contributed by atoms with Gasteiger partial charge in [-0.1, -0.05) is 48.2 Å². The van der Waals surface area contributed by atoms with E-state index in [2.05, 4.69) is 24.0 Å². The molecule has 1 aromatic carbocycles. The molecule has 0 radical (unpaired) electrons. The minimum absolute atomic E-state index is 0.0956. The van der Waals surface area contributed by atoms with Crippen molar-refractivity contribution in [2.24, 2.45) is 5.92 Å². The molecule has 1 amide bonds. The third-order valence-electron chi connectivity index (χ3n) is 6.53. The lowest BCUT2D eigenvalue weighted by Crippen LogP contribution is -2.48. The van der Waals surface area contributed by atoms with Gasteiger partial charge in [0.1, 0.15) is 4.32 Å². The van der Waals surface area contributed by atoms with Gasteiger partial charge in [-0.05, 0) is 43.4 Å². The highest BCUT2D eigenvalue weighted by molar-refractivity contribution is 8.23. The van der Waals surface area contributed by atoms with Crippen molar-refractivity contribution < 1.29 is 4.79 Å². The second-order valence-corrected chi connectivity index (χ2v) is 10.2. The molecule has 1 saturated heterocycles. The van der Waals surface area contributed by atoms with Gasteiger partial charge in [-0.25, -0.2) is 0 Å². The summed E-state index contributed by atoms with van der Waals surface area (Å²) < 4.78 is 2.73. The molecule has 0 saturated carbocycles. The van der Waals surface area contributed by atoms with Gasteiger partial charge in [0.25, 0.3) is 5.56 Å². The molecule has 3 atom stereocenters. The highest BCUT2D eigenvalue weighted by Crippen LogP contribution is 2.36. The molecule has 30 heavy (non-hydrogen) atoms. The number of anilines is 1. The lowest BCUT2D eigenvalue weighted by molar-refractivity contribution is -0.116. The molecule has 156 valence electrons. The maximum atomic E-state index is 13.0. The summed E-state index contributed by atoms with van der Waals surface area (Å²) in [5, 5.41) is 0. The van der Waals surface area contributed by atoms with E-state index in [1.54, 1.807) is 6.07 Å². The fourth-order valence-electron chi connectivity index (χ4n) is 5.28. The minimum Gasteiger partial charge on any atom is -0.356 e. The average Bonchev–Trinajstić information content (AvgIpc) is 3.08. The Labute approximate surface area is 186 Å². The lowest BCUT2D eigenvalue weighted by atomic mass is 9.83. The van der Waals surface area contributed by atoms with E-state index in [1.807, 2.05) is 33.7 Å². The number of rotatable bonds is 2. The molecule has 7 heteroatoms. The third kappa shape index (κ3) is 3.48. The Morgan fingerprint density at radius 3 is 2.83 bits per heavy atom. The Kier molecular flexibility index (Phi) is 5.19. The van der Waals surface area contributed by atoms with Crippen LogP contribution in [0.15, 0.2) is 47.3 Å². The Morgan fingerprint density at radius 1 is 1.13 bits per heavy atom. The molecule has 2 aromatic rings. The summed E-state index contributed by atoms with van der Waals surface area (Å²) in [6.45, 7) is 4.55. The molecular weight excluding hydrogens is 414 g/mol. The van der Waals surface area contributed by atoms with Crippen molar-refractivity contribution in [3.05, 3.63) is 64.1 Å². The predicted molar refractivity (Wildman–Crippen MR) is 125 cm³/mol. The zero-order valence-corrected chi connectivity index (χ0v) is 18.6. The number of para-hydroxylation sites is 1. The number of piperidine rings is 1. The fourth-order valence-corrected chi connectivity index (χ4v) is 6.32. The Morgan fingerprint density at radius 2 is 1.97 bits per heavy atom. The van der Waals surface area contributed by atoms with Gasteiger partial charge in [0.2, 0.25) is 5.91 Å². The average molecular weight is 440 g/mol. The molecule has 5 nitrogen and oxygen atoms in total. The maximum Gasteiger partial charge on any atom is 0.250 e. The quantitative estimate of drug-likeness (QED) is 0.672. The van der Waals surface area contributed by atoms with Crippen LogP contribution in [-0.4, -0.2) is 44.6 Å². The summed E-state index contributed by atoms with van der Waals surface area (Å²) in [6.07, 6.45) is 2.01. The van der Waals surface area contributed by atoms with Crippen LogP contribution < -0.4 is 10.5 Å². The van der Waals surface area contributed by atoms with Crippen molar-refractivity contribution in [1.29, 1.82) is 0 Å². The van der Waals surface area contributed by atoms with Crippen LogP contribution in [0.4, 0.5) is 5.69 Å². The molecule has 1 fully saturated rings. The van der Waals surface area contributed by atoms with Crippen LogP contribution in [0.3, 0.4) is 0 Å². The monoisotopic (exact) mass is 439 g/mol. The molecule has 0 spiro atoms. The number of pyridine rings is 1. The molecule has 3 aliphatic rings. The van der Waals surface area contributed by atoms with Crippen LogP contribution in [0.25, 0.3) is 0 Å². The van der Waals surface area contributed by atoms with Crippen LogP contribution >= 0.6 is 24.0 Å². The number of hydrogen-bond acceptors (Lipinski definition) is 4. The summed E-state index contributed by atoms with van der Waals surface area (Å²) in [4.78, 5) is 29.4.